The number of ether oxygens (including phenoxy) is 2. The van der Waals surface area contributed by atoms with Crippen molar-refractivity contribution >= 4 is 57.4 Å². The Bertz CT molecular complexity index is 1750. The third-order valence-corrected chi connectivity index (χ3v) is 10.4. The Labute approximate surface area is 282 Å². The summed E-state index contributed by atoms with van der Waals surface area (Å²) in [7, 11) is 1.81. The van der Waals surface area contributed by atoms with Crippen LogP contribution in [0.5, 0.6) is 0 Å². The standard InChI is InChI=1S/C35H34Cl2N4O4S/c1-39(34(42)29-17-23(19-38)16-25-4-2-3-5-28(25)29)20-26(24-6-7-30(36)31(37)18-24)8-10-40-11-13-41(14-12-40)33(27-9-15-46-22-27)32-21-44-35(43)45-32/h2-7,9,15-18,22,26,32-33H,8,10-14,20-21H2,1H3/t26-,32-,33+/m1/s1. The number of hydrogen-bond acceptors (Lipinski definition) is 8. The van der Waals surface area contributed by atoms with Crippen LogP contribution in [-0.2, 0) is 9.47 Å². The van der Waals surface area contributed by atoms with Crippen LogP contribution in [0.25, 0.3) is 10.8 Å². The summed E-state index contributed by atoms with van der Waals surface area (Å²) >= 11 is 14.4. The molecule has 0 saturated carbocycles. The minimum atomic E-state index is -0.605. The quantitative estimate of drug-likeness (QED) is 0.164. The predicted molar refractivity (Wildman–Crippen MR) is 181 cm³/mol. The van der Waals surface area contributed by atoms with Gasteiger partial charge < -0.3 is 19.3 Å². The molecule has 3 aromatic carbocycles. The lowest BCUT2D eigenvalue weighted by atomic mass is 9.94. The minimum absolute atomic E-state index is 0.000708. The summed E-state index contributed by atoms with van der Waals surface area (Å²) in [6.07, 6.45) is -0.130. The van der Waals surface area contributed by atoms with Gasteiger partial charge >= 0.3 is 6.16 Å². The first-order valence-corrected chi connectivity index (χ1v) is 17.0. The van der Waals surface area contributed by atoms with Gasteiger partial charge in [-0.05, 0) is 76.0 Å². The van der Waals surface area contributed by atoms with Gasteiger partial charge in [-0.3, -0.25) is 9.69 Å². The molecule has 2 aliphatic heterocycles. The molecule has 2 fully saturated rings. The van der Waals surface area contributed by atoms with Crippen LogP contribution in [-0.4, -0.2) is 85.8 Å². The lowest BCUT2D eigenvalue weighted by Gasteiger charge is -2.40. The van der Waals surface area contributed by atoms with E-state index in [1.165, 1.54) is 0 Å². The van der Waals surface area contributed by atoms with Crippen molar-refractivity contribution in [2.45, 2.75) is 24.5 Å². The normalized spacial score (nSPS) is 18.5. The van der Waals surface area contributed by atoms with E-state index < -0.39 is 6.16 Å². The average molecular weight is 678 g/mol. The second-order valence-corrected chi connectivity index (χ2v) is 13.4. The Hall–Kier alpha value is -3.65. The molecule has 46 heavy (non-hydrogen) atoms. The smallest absolute Gasteiger partial charge is 0.430 e. The van der Waals surface area contributed by atoms with E-state index in [1.807, 2.05) is 48.8 Å². The zero-order valence-corrected chi connectivity index (χ0v) is 27.7. The number of hydrogen-bond donors (Lipinski definition) is 0. The molecule has 11 heteroatoms. The number of cyclic esters (lactones) is 2. The van der Waals surface area contributed by atoms with Crippen molar-refractivity contribution in [3.05, 3.63) is 104 Å². The molecule has 238 valence electrons. The van der Waals surface area contributed by atoms with Gasteiger partial charge in [0.05, 0.1) is 27.7 Å². The largest absolute Gasteiger partial charge is 0.508 e. The summed E-state index contributed by atoms with van der Waals surface area (Å²) in [6.45, 7) is 4.93. The average Bonchev–Trinajstić information content (AvgIpc) is 3.76. The molecular weight excluding hydrogens is 643 g/mol. The zero-order chi connectivity index (χ0) is 32.2. The van der Waals surface area contributed by atoms with Crippen molar-refractivity contribution < 1.29 is 19.1 Å². The number of carbonyl (C=O) groups is 2. The highest BCUT2D eigenvalue weighted by atomic mass is 35.5. The number of rotatable bonds is 10. The van der Waals surface area contributed by atoms with Gasteiger partial charge in [-0.25, -0.2) is 4.79 Å². The predicted octanol–water partition coefficient (Wildman–Crippen LogP) is 7.22. The summed E-state index contributed by atoms with van der Waals surface area (Å²) in [4.78, 5) is 32.2. The van der Waals surface area contributed by atoms with Crippen LogP contribution in [0.3, 0.4) is 0 Å². The van der Waals surface area contributed by atoms with E-state index >= 15 is 0 Å². The molecule has 1 aromatic heterocycles. The Balaban J connectivity index is 1.15. The highest BCUT2D eigenvalue weighted by molar-refractivity contribution is 7.08. The van der Waals surface area contributed by atoms with Crippen molar-refractivity contribution in [1.82, 2.24) is 14.7 Å². The molecule has 0 N–H and O–H groups in total. The molecule has 2 aliphatic rings. The summed E-state index contributed by atoms with van der Waals surface area (Å²) in [5.41, 5.74) is 3.13. The van der Waals surface area contributed by atoms with Gasteiger partial charge in [0.25, 0.3) is 5.91 Å². The van der Waals surface area contributed by atoms with Crippen LogP contribution in [0, 0.1) is 11.3 Å². The van der Waals surface area contributed by atoms with Crippen LogP contribution >= 0.6 is 34.5 Å². The van der Waals surface area contributed by atoms with E-state index in [4.69, 9.17) is 32.7 Å². The molecule has 8 nitrogen and oxygen atoms in total. The molecule has 3 atom stereocenters. The summed E-state index contributed by atoms with van der Waals surface area (Å²) in [5.74, 6) is -0.135. The Morgan fingerprint density at radius 2 is 1.87 bits per heavy atom. The Morgan fingerprint density at radius 1 is 1.07 bits per heavy atom. The number of carbonyl (C=O) groups excluding carboxylic acids is 2. The van der Waals surface area contributed by atoms with Gasteiger partial charge in [0.2, 0.25) is 0 Å². The first kappa shape index (κ1) is 32.3. The fraction of sp³-hybridized carbons (Fsp3) is 0.343. The summed E-state index contributed by atoms with van der Waals surface area (Å²) < 4.78 is 10.7. The van der Waals surface area contributed by atoms with E-state index in [2.05, 4.69) is 27.3 Å². The molecule has 0 radical (unpaired) electrons. The monoisotopic (exact) mass is 676 g/mol. The lowest BCUT2D eigenvalue weighted by Crippen LogP contribution is -2.50. The molecule has 3 heterocycles. The Morgan fingerprint density at radius 3 is 2.57 bits per heavy atom. The molecule has 4 aromatic rings. The van der Waals surface area contributed by atoms with E-state index in [0.29, 0.717) is 27.7 Å². The van der Waals surface area contributed by atoms with Crippen LogP contribution in [0.4, 0.5) is 4.79 Å². The number of thiophene rings is 1. The fourth-order valence-electron chi connectivity index (χ4n) is 6.51. The molecule has 1 amide bonds. The van der Waals surface area contributed by atoms with Gasteiger partial charge in [-0.15, -0.1) is 0 Å². The van der Waals surface area contributed by atoms with Crippen LogP contribution in [0.1, 0.15) is 45.4 Å². The number of benzene rings is 3. The number of halogens is 2. The zero-order valence-electron chi connectivity index (χ0n) is 25.4. The number of likely N-dealkylation sites (N-methyl/N-ethyl adjacent to an activating group) is 1. The third kappa shape index (κ3) is 7.17. The van der Waals surface area contributed by atoms with Crippen LogP contribution in [0.2, 0.25) is 10.0 Å². The van der Waals surface area contributed by atoms with Crippen LogP contribution in [0.15, 0.2) is 71.4 Å². The maximum absolute atomic E-state index is 13.9. The van der Waals surface area contributed by atoms with Gasteiger partial charge in [-0.2, -0.15) is 16.6 Å². The highest BCUT2D eigenvalue weighted by Gasteiger charge is 2.38. The number of nitrogens with zero attached hydrogens (tertiary/aromatic N) is 4. The van der Waals surface area contributed by atoms with Gasteiger partial charge in [-0.1, -0.05) is 53.5 Å². The molecule has 0 unspecified atom stereocenters. The van der Waals surface area contributed by atoms with Gasteiger partial charge in [0.1, 0.15) is 6.61 Å². The maximum atomic E-state index is 13.9. The number of amides is 1. The topological polar surface area (TPSA) is 86.1 Å². The second kappa shape index (κ2) is 14.4. The first-order valence-electron chi connectivity index (χ1n) is 15.3. The number of piperazine rings is 1. The Kier molecular flexibility index (Phi) is 10.1. The summed E-state index contributed by atoms with van der Waals surface area (Å²) in [5, 5.41) is 16.4. The van der Waals surface area contributed by atoms with E-state index in [0.717, 1.165) is 61.0 Å². The maximum Gasteiger partial charge on any atom is 0.508 e. The third-order valence-electron chi connectivity index (χ3n) is 8.92. The number of fused-ring (bicyclic) bond motifs is 1. The molecular formula is C35H34Cl2N4O4S. The van der Waals surface area contributed by atoms with Gasteiger partial charge in [0, 0.05) is 51.3 Å². The molecule has 2 saturated heterocycles. The first-order chi connectivity index (χ1) is 22.3. The minimum Gasteiger partial charge on any atom is -0.430 e. The van der Waals surface area contributed by atoms with Crippen molar-refractivity contribution in [3.63, 3.8) is 0 Å². The second-order valence-electron chi connectivity index (χ2n) is 11.8. The molecule has 0 bridgehead atoms. The van der Waals surface area contributed by atoms with E-state index in [-0.39, 0.29) is 30.6 Å². The van der Waals surface area contributed by atoms with Crippen molar-refractivity contribution in [3.8, 4) is 6.07 Å². The van der Waals surface area contributed by atoms with Gasteiger partial charge in [0.15, 0.2) is 6.10 Å². The molecule has 6 rings (SSSR count). The van der Waals surface area contributed by atoms with Crippen LogP contribution < -0.4 is 0 Å². The van der Waals surface area contributed by atoms with Crippen molar-refractivity contribution in [2.75, 3.05) is 52.9 Å². The SMILES string of the molecule is CN(C[C@@H](CCN1CCN([C@@H](c2ccsc2)[C@H]2COC(=O)O2)CC1)c1ccc(Cl)c(Cl)c1)C(=O)c1cc(C#N)cc2ccccc12. The molecule has 0 aliphatic carbocycles. The van der Waals surface area contributed by atoms with Crippen molar-refractivity contribution in [1.29, 1.82) is 5.26 Å². The molecule has 0 spiro atoms. The lowest BCUT2D eigenvalue weighted by molar-refractivity contribution is 0.0268. The summed E-state index contributed by atoms with van der Waals surface area (Å²) in [6, 6.07) is 21.0. The number of nitriles is 1. The fourth-order valence-corrected chi connectivity index (χ4v) is 7.50. The highest BCUT2D eigenvalue weighted by Crippen LogP contribution is 2.33. The van der Waals surface area contributed by atoms with Crippen molar-refractivity contribution in [2.24, 2.45) is 0 Å². The van der Waals surface area contributed by atoms with E-state index in [9.17, 15) is 14.9 Å². The van der Waals surface area contributed by atoms with E-state index in [1.54, 1.807) is 34.4 Å².